The molecule has 2 aromatic heterocycles. The smallest absolute Gasteiger partial charge is 0.135 e. The molecule has 0 bridgehead atoms. The highest BCUT2D eigenvalue weighted by molar-refractivity contribution is 5.40. The molecule has 24 heavy (non-hydrogen) atoms. The van der Waals surface area contributed by atoms with Crippen LogP contribution in [0.1, 0.15) is 34.8 Å². The van der Waals surface area contributed by atoms with Gasteiger partial charge in [0, 0.05) is 29.9 Å². The molecule has 3 aromatic rings. The third kappa shape index (κ3) is 2.02. The van der Waals surface area contributed by atoms with Crippen LogP contribution in [-0.4, -0.2) is 19.6 Å². The molecule has 0 fully saturated rings. The zero-order chi connectivity index (χ0) is 16.7. The predicted octanol–water partition coefficient (Wildman–Crippen LogP) is 2.52. The molecular formula is C18H13FN4O. The lowest BCUT2D eigenvalue weighted by molar-refractivity contribution is 0.0789. The van der Waals surface area contributed by atoms with E-state index < -0.39 is 17.5 Å². The Bertz CT molecular complexity index is 947. The predicted molar refractivity (Wildman–Crippen MR) is 83.3 cm³/mol. The molecular weight excluding hydrogens is 307 g/mol. The van der Waals surface area contributed by atoms with Gasteiger partial charge < -0.3 is 9.67 Å². The number of fused-ring (bicyclic) bond motifs is 1. The summed E-state index contributed by atoms with van der Waals surface area (Å²) < 4.78 is 16.2. The zero-order valence-electron chi connectivity index (χ0n) is 12.6. The maximum atomic E-state index is 14.5. The highest BCUT2D eigenvalue weighted by atomic mass is 19.1. The minimum Gasteiger partial charge on any atom is -0.379 e. The van der Waals surface area contributed by atoms with Gasteiger partial charge in [0.05, 0.1) is 35.9 Å². The summed E-state index contributed by atoms with van der Waals surface area (Å²) in [6, 6.07) is 9.46. The van der Waals surface area contributed by atoms with E-state index in [2.05, 4.69) is 9.97 Å². The van der Waals surface area contributed by atoms with Crippen molar-refractivity contribution in [2.24, 2.45) is 0 Å². The van der Waals surface area contributed by atoms with Crippen molar-refractivity contribution in [3.63, 3.8) is 0 Å². The molecule has 0 amide bonds. The third-order valence-corrected chi connectivity index (χ3v) is 4.54. The molecule has 0 saturated carbocycles. The lowest BCUT2D eigenvalue weighted by Gasteiger charge is -2.22. The van der Waals surface area contributed by atoms with Crippen LogP contribution in [0, 0.1) is 17.1 Å². The lowest BCUT2D eigenvalue weighted by atomic mass is 9.87. The number of aromatic nitrogens is 3. The quantitative estimate of drug-likeness (QED) is 0.787. The molecule has 1 N–H and O–H groups in total. The van der Waals surface area contributed by atoms with Crippen LogP contribution < -0.4 is 0 Å². The zero-order valence-corrected chi connectivity index (χ0v) is 12.6. The van der Waals surface area contributed by atoms with Crippen LogP contribution in [0.2, 0.25) is 0 Å². The third-order valence-electron chi connectivity index (χ3n) is 4.54. The van der Waals surface area contributed by atoms with E-state index in [-0.39, 0.29) is 12.0 Å². The number of halogens is 1. The van der Waals surface area contributed by atoms with Gasteiger partial charge in [-0.15, -0.1) is 0 Å². The maximum Gasteiger partial charge on any atom is 0.135 e. The second kappa shape index (κ2) is 5.25. The van der Waals surface area contributed by atoms with Crippen molar-refractivity contribution < 1.29 is 9.50 Å². The van der Waals surface area contributed by atoms with Crippen molar-refractivity contribution in [2.45, 2.75) is 18.1 Å². The van der Waals surface area contributed by atoms with Gasteiger partial charge in [-0.3, -0.25) is 4.98 Å². The fourth-order valence-corrected chi connectivity index (χ4v) is 3.36. The summed E-state index contributed by atoms with van der Waals surface area (Å²) in [5, 5.41) is 20.1. The van der Waals surface area contributed by atoms with Gasteiger partial charge in [0.25, 0.3) is 0 Å². The molecule has 1 aliphatic rings. The van der Waals surface area contributed by atoms with Gasteiger partial charge in [-0.05, 0) is 18.2 Å². The summed E-state index contributed by atoms with van der Waals surface area (Å²) in [4.78, 5) is 8.18. The highest BCUT2D eigenvalue weighted by Gasteiger charge is 2.45. The van der Waals surface area contributed by atoms with E-state index >= 15 is 0 Å². The molecule has 1 aliphatic heterocycles. The van der Waals surface area contributed by atoms with Gasteiger partial charge in [0.15, 0.2) is 0 Å². The number of rotatable bonds is 2. The number of nitriles is 1. The Morgan fingerprint density at radius 3 is 2.88 bits per heavy atom. The fourth-order valence-electron chi connectivity index (χ4n) is 3.36. The first kappa shape index (κ1) is 14.5. The maximum absolute atomic E-state index is 14.5. The Morgan fingerprint density at radius 1 is 1.29 bits per heavy atom. The van der Waals surface area contributed by atoms with E-state index in [1.807, 2.05) is 6.07 Å². The first-order valence-electron chi connectivity index (χ1n) is 7.48. The minimum atomic E-state index is -1.28. The van der Waals surface area contributed by atoms with E-state index in [4.69, 9.17) is 5.26 Å². The first-order chi connectivity index (χ1) is 11.6. The summed E-state index contributed by atoms with van der Waals surface area (Å²) in [6.45, 7) is 0. The van der Waals surface area contributed by atoms with Crippen molar-refractivity contribution in [1.29, 1.82) is 5.26 Å². The molecule has 1 aromatic carbocycles. The second-order valence-corrected chi connectivity index (χ2v) is 5.86. The molecule has 3 heterocycles. The van der Waals surface area contributed by atoms with E-state index in [1.165, 1.54) is 6.07 Å². The Kier molecular flexibility index (Phi) is 3.18. The van der Waals surface area contributed by atoms with Crippen molar-refractivity contribution in [1.82, 2.24) is 14.5 Å². The number of hydrogen-bond donors (Lipinski definition) is 1. The summed E-state index contributed by atoms with van der Waals surface area (Å²) in [5.41, 5.74) is 0.652. The topological polar surface area (TPSA) is 74.7 Å². The van der Waals surface area contributed by atoms with Crippen molar-refractivity contribution >= 4 is 0 Å². The Labute approximate surface area is 137 Å². The van der Waals surface area contributed by atoms with Crippen molar-refractivity contribution in [2.75, 3.05) is 0 Å². The molecule has 0 aliphatic carbocycles. The fraction of sp³-hybridized carbons (Fsp3) is 0.167. The molecule has 6 heteroatoms. The van der Waals surface area contributed by atoms with Crippen molar-refractivity contribution in [3.8, 4) is 6.07 Å². The average Bonchev–Trinajstić information content (AvgIpc) is 3.19. The van der Waals surface area contributed by atoms with Crippen LogP contribution >= 0.6 is 0 Å². The Balaban J connectivity index is 1.83. The van der Waals surface area contributed by atoms with E-state index in [0.29, 0.717) is 16.8 Å². The highest BCUT2D eigenvalue weighted by Crippen LogP contribution is 2.46. The van der Waals surface area contributed by atoms with Crippen LogP contribution in [0.15, 0.2) is 55.2 Å². The van der Waals surface area contributed by atoms with Gasteiger partial charge in [0.1, 0.15) is 11.4 Å². The van der Waals surface area contributed by atoms with E-state index in [1.54, 1.807) is 53.8 Å². The van der Waals surface area contributed by atoms with E-state index in [9.17, 15) is 9.50 Å². The Morgan fingerprint density at radius 2 is 2.17 bits per heavy atom. The van der Waals surface area contributed by atoms with Gasteiger partial charge >= 0.3 is 0 Å². The number of imidazole rings is 1. The van der Waals surface area contributed by atoms with Crippen LogP contribution in [-0.2, 0) is 5.60 Å². The largest absolute Gasteiger partial charge is 0.379 e. The molecule has 4 rings (SSSR count). The number of pyridine rings is 1. The molecule has 1 unspecified atom stereocenters. The summed E-state index contributed by atoms with van der Waals surface area (Å²) in [7, 11) is 0. The summed E-state index contributed by atoms with van der Waals surface area (Å²) >= 11 is 0. The molecule has 0 spiro atoms. The van der Waals surface area contributed by atoms with E-state index in [0.717, 1.165) is 0 Å². The average molecular weight is 320 g/mol. The van der Waals surface area contributed by atoms with Gasteiger partial charge in [-0.25, -0.2) is 9.37 Å². The van der Waals surface area contributed by atoms with Crippen LogP contribution in [0.3, 0.4) is 0 Å². The van der Waals surface area contributed by atoms with Crippen molar-refractivity contribution in [3.05, 3.63) is 83.5 Å². The summed E-state index contributed by atoms with van der Waals surface area (Å²) in [6.07, 6.45) is 6.70. The molecule has 2 atom stereocenters. The normalized spacial score (nSPS) is 22.1. The molecule has 118 valence electrons. The molecule has 5 nitrogen and oxygen atoms in total. The first-order valence-corrected chi connectivity index (χ1v) is 7.48. The van der Waals surface area contributed by atoms with Crippen LogP contribution in [0.4, 0.5) is 4.39 Å². The number of hydrogen-bond acceptors (Lipinski definition) is 4. The number of benzene rings is 1. The summed E-state index contributed by atoms with van der Waals surface area (Å²) in [5.74, 6) is -0.464. The minimum absolute atomic E-state index is 0.266. The molecule has 0 radical (unpaired) electrons. The number of nitrogens with zero attached hydrogens (tertiary/aromatic N) is 4. The van der Waals surface area contributed by atoms with Gasteiger partial charge in [-0.2, -0.15) is 5.26 Å². The monoisotopic (exact) mass is 320 g/mol. The van der Waals surface area contributed by atoms with Crippen LogP contribution in [0.5, 0.6) is 0 Å². The van der Waals surface area contributed by atoms with Gasteiger partial charge in [-0.1, -0.05) is 12.1 Å². The SMILES string of the molecule is N#Cc1ccc([C@H]2CC(O)(c3cccnc3)c3cncn32)c(F)c1. The Hall–Kier alpha value is -3.04. The van der Waals surface area contributed by atoms with Crippen LogP contribution in [0.25, 0.3) is 0 Å². The second-order valence-electron chi connectivity index (χ2n) is 5.86. The van der Waals surface area contributed by atoms with Gasteiger partial charge in [0.2, 0.25) is 0 Å². The standard InChI is InChI=1S/C18H13FN4O/c19-15-6-12(8-20)3-4-14(15)16-7-18(24,13-2-1-5-21-9-13)17-10-22-11-23(16)17/h1-6,9-11,16,24H,7H2/t16-,18?/m1/s1. The lowest BCUT2D eigenvalue weighted by Crippen LogP contribution is -2.24. The number of aliphatic hydroxyl groups is 1. The molecule has 0 saturated heterocycles.